The molecule has 1 nitrogen and oxygen atoms in total. The van der Waals surface area contributed by atoms with Crippen molar-refractivity contribution in [2.45, 2.75) is 12.2 Å². The van der Waals surface area contributed by atoms with Crippen molar-refractivity contribution < 1.29 is 22.3 Å². The van der Waals surface area contributed by atoms with Crippen molar-refractivity contribution in [3.63, 3.8) is 0 Å². The van der Waals surface area contributed by atoms with Crippen LogP contribution in [0.3, 0.4) is 0 Å². The van der Waals surface area contributed by atoms with Crippen LogP contribution < -0.4 is 0 Å². The number of hydrogen-bond acceptors (Lipinski definition) is 1. The molecule has 17 heavy (non-hydrogen) atoms. The molecule has 1 heterocycles. The summed E-state index contributed by atoms with van der Waals surface area (Å²) in [5.41, 5.74) is -1.03. The van der Waals surface area contributed by atoms with E-state index in [1.165, 1.54) is 24.3 Å². The molecule has 3 rings (SSSR count). The van der Waals surface area contributed by atoms with Crippen molar-refractivity contribution in [1.82, 2.24) is 0 Å². The van der Waals surface area contributed by atoms with E-state index < -0.39 is 23.3 Å². The molecule has 0 radical (unpaired) electrons. The van der Waals surface area contributed by atoms with Crippen molar-refractivity contribution in [3.05, 3.63) is 47.5 Å². The van der Waals surface area contributed by atoms with Gasteiger partial charge in [0.05, 0.1) is 11.1 Å². The SMILES string of the molecule is FC1(F)OC(F)(F)c2cccc3cccc1c23. The molecular weight excluding hydrogens is 236 g/mol. The molecule has 0 atom stereocenters. The lowest BCUT2D eigenvalue weighted by atomic mass is 9.96. The van der Waals surface area contributed by atoms with E-state index in [1.807, 2.05) is 0 Å². The quantitative estimate of drug-likeness (QED) is 0.635. The molecule has 2 aromatic carbocycles. The Kier molecular flexibility index (Phi) is 1.85. The Labute approximate surface area is 93.6 Å². The standard InChI is InChI=1S/C12H6F4O/c13-11(14)8-5-1-3-7-4-2-6-9(10(7)8)12(15,16)17-11/h1-6H. The maximum Gasteiger partial charge on any atom is 0.388 e. The number of halogens is 4. The van der Waals surface area contributed by atoms with Crippen LogP contribution in [0, 0.1) is 0 Å². The summed E-state index contributed by atoms with van der Waals surface area (Å²) < 4.78 is 57.4. The number of ether oxygens (including phenoxy) is 1. The largest absolute Gasteiger partial charge is 0.388 e. The molecule has 0 saturated heterocycles. The minimum Gasteiger partial charge on any atom is -0.247 e. The molecule has 1 aliphatic rings. The topological polar surface area (TPSA) is 9.23 Å². The number of rotatable bonds is 0. The van der Waals surface area contributed by atoms with Crippen LogP contribution in [0.5, 0.6) is 0 Å². The van der Waals surface area contributed by atoms with Gasteiger partial charge < -0.3 is 0 Å². The van der Waals surface area contributed by atoms with Crippen molar-refractivity contribution in [2.75, 3.05) is 0 Å². The molecule has 5 heteroatoms. The van der Waals surface area contributed by atoms with Gasteiger partial charge in [0.2, 0.25) is 0 Å². The maximum atomic E-state index is 13.5. The monoisotopic (exact) mass is 242 g/mol. The van der Waals surface area contributed by atoms with Crippen LogP contribution in [0.15, 0.2) is 36.4 Å². The van der Waals surface area contributed by atoms with Gasteiger partial charge in [-0.1, -0.05) is 24.3 Å². The van der Waals surface area contributed by atoms with E-state index in [0.717, 1.165) is 12.1 Å². The second kappa shape index (κ2) is 2.98. The third-order valence-electron chi connectivity index (χ3n) is 2.79. The van der Waals surface area contributed by atoms with E-state index in [0.29, 0.717) is 5.39 Å². The highest BCUT2D eigenvalue weighted by atomic mass is 19.3. The van der Waals surface area contributed by atoms with Gasteiger partial charge in [-0.2, -0.15) is 17.6 Å². The number of benzene rings is 2. The molecule has 0 unspecified atom stereocenters. The van der Waals surface area contributed by atoms with Crippen LogP contribution in [0.25, 0.3) is 10.8 Å². The highest BCUT2D eigenvalue weighted by molar-refractivity contribution is 5.90. The first-order valence-corrected chi connectivity index (χ1v) is 4.90. The fourth-order valence-electron chi connectivity index (χ4n) is 2.10. The summed E-state index contributed by atoms with van der Waals surface area (Å²) in [5, 5.41) is 0.221. The van der Waals surface area contributed by atoms with E-state index in [4.69, 9.17) is 0 Å². The second-order valence-corrected chi connectivity index (χ2v) is 3.84. The molecule has 0 fully saturated rings. The molecule has 0 N–H and O–H groups in total. The molecule has 88 valence electrons. The summed E-state index contributed by atoms with van der Waals surface area (Å²) in [7, 11) is 0. The lowest BCUT2D eigenvalue weighted by molar-refractivity contribution is -0.394. The van der Waals surface area contributed by atoms with Crippen molar-refractivity contribution >= 4 is 10.8 Å². The van der Waals surface area contributed by atoms with Crippen LogP contribution in [-0.4, -0.2) is 0 Å². The van der Waals surface area contributed by atoms with Gasteiger partial charge in [-0.15, -0.1) is 0 Å². The molecule has 0 spiro atoms. The van der Waals surface area contributed by atoms with Gasteiger partial charge >= 0.3 is 12.2 Å². The summed E-state index contributed by atoms with van der Waals surface area (Å²) in [6.45, 7) is 0. The highest BCUT2D eigenvalue weighted by Crippen LogP contribution is 2.50. The van der Waals surface area contributed by atoms with Gasteiger partial charge in [-0.05, 0) is 17.5 Å². The molecule has 2 aromatic rings. The van der Waals surface area contributed by atoms with Gasteiger partial charge in [0.1, 0.15) is 0 Å². The zero-order chi connectivity index (χ0) is 12.3. The molecule has 0 aromatic heterocycles. The predicted octanol–water partition coefficient (Wildman–Crippen LogP) is 3.97. The highest BCUT2D eigenvalue weighted by Gasteiger charge is 2.52. The average Bonchev–Trinajstić information content (AvgIpc) is 2.24. The van der Waals surface area contributed by atoms with Crippen LogP contribution in [0.2, 0.25) is 0 Å². The summed E-state index contributed by atoms with van der Waals surface area (Å²) >= 11 is 0. The van der Waals surface area contributed by atoms with Crippen LogP contribution in [-0.2, 0) is 17.0 Å². The fourth-order valence-corrected chi connectivity index (χ4v) is 2.10. The van der Waals surface area contributed by atoms with Crippen molar-refractivity contribution in [2.24, 2.45) is 0 Å². The zero-order valence-electron chi connectivity index (χ0n) is 8.38. The fraction of sp³-hybridized carbons (Fsp3) is 0.167. The number of hydrogen-bond donors (Lipinski definition) is 0. The van der Waals surface area contributed by atoms with Crippen molar-refractivity contribution in [3.8, 4) is 0 Å². The normalized spacial score (nSPS) is 20.5. The van der Waals surface area contributed by atoms with E-state index in [1.54, 1.807) is 0 Å². The second-order valence-electron chi connectivity index (χ2n) is 3.84. The lowest BCUT2D eigenvalue weighted by Gasteiger charge is -2.31. The Morgan fingerprint density at radius 2 is 1.24 bits per heavy atom. The van der Waals surface area contributed by atoms with Gasteiger partial charge in [0, 0.05) is 5.39 Å². The molecule has 0 bridgehead atoms. The van der Waals surface area contributed by atoms with Crippen LogP contribution in [0.1, 0.15) is 11.1 Å². The van der Waals surface area contributed by atoms with Gasteiger partial charge in [0.15, 0.2) is 0 Å². The molecule has 0 amide bonds. The Morgan fingerprint density at radius 3 is 1.71 bits per heavy atom. The third kappa shape index (κ3) is 1.35. The smallest absolute Gasteiger partial charge is 0.247 e. The first kappa shape index (κ1) is 10.5. The van der Waals surface area contributed by atoms with E-state index >= 15 is 0 Å². The minimum absolute atomic E-state index is 0.128. The Balaban J connectivity index is 2.50. The van der Waals surface area contributed by atoms with Crippen LogP contribution >= 0.6 is 0 Å². The third-order valence-corrected chi connectivity index (χ3v) is 2.79. The van der Waals surface area contributed by atoms with E-state index in [9.17, 15) is 17.6 Å². The minimum atomic E-state index is -3.97. The average molecular weight is 242 g/mol. The summed E-state index contributed by atoms with van der Waals surface area (Å²) in [4.78, 5) is 0. The molecule has 1 aliphatic heterocycles. The van der Waals surface area contributed by atoms with Crippen LogP contribution in [0.4, 0.5) is 17.6 Å². The van der Waals surface area contributed by atoms with Gasteiger partial charge in [0.25, 0.3) is 0 Å². The number of alkyl halides is 4. The summed E-state index contributed by atoms with van der Waals surface area (Å²) in [6.07, 6.45) is -7.95. The van der Waals surface area contributed by atoms with E-state index in [-0.39, 0.29) is 5.39 Å². The molecule has 0 aliphatic carbocycles. The predicted molar refractivity (Wildman–Crippen MR) is 52.8 cm³/mol. The Bertz CT molecular complexity index is 558. The lowest BCUT2D eigenvalue weighted by Crippen LogP contribution is -2.34. The van der Waals surface area contributed by atoms with E-state index in [2.05, 4.69) is 4.74 Å². The Hall–Kier alpha value is -1.62. The van der Waals surface area contributed by atoms with Crippen molar-refractivity contribution in [1.29, 1.82) is 0 Å². The summed E-state index contributed by atoms with van der Waals surface area (Å²) in [5.74, 6) is 0. The molecule has 0 saturated carbocycles. The van der Waals surface area contributed by atoms with Gasteiger partial charge in [-0.3, -0.25) is 0 Å². The summed E-state index contributed by atoms with van der Waals surface area (Å²) in [6, 6.07) is 8.01. The zero-order valence-corrected chi connectivity index (χ0v) is 8.38. The maximum absolute atomic E-state index is 13.5. The van der Waals surface area contributed by atoms with Gasteiger partial charge in [-0.25, -0.2) is 4.74 Å². The Morgan fingerprint density at radius 1 is 0.765 bits per heavy atom. The molecular formula is C12H6F4O. The first-order valence-electron chi connectivity index (χ1n) is 4.90. The first-order chi connectivity index (χ1) is 7.92.